The van der Waals surface area contributed by atoms with E-state index in [-0.39, 0.29) is 5.69 Å². The molecule has 0 saturated heterocycles. The maximum atomic E-state index is 13.4. The lowest BCUT2D eigenvalue weighted by Crippen LogP contribution is -2.26. The lowest BCUT2D eigenvalue weighted by molar-refractivity contribution is -0.143. The minimum atomic E-state index is -4.81. The van der Waals surface area contributed by atoms with Crippen LogP contribution in [-0.4, -0.2) is 34.4 Å². The third-order valence-corrected chi connectivity index (χ3v) is 3.95. The van der Waals surface area contributed by atoms with Crippen molar-refractivity contribution in [2.24, 2.45) is 0 Å². The first-order chi connectivity index (χ1) is 10.8. The van der Waals surface area contributed by atoms with Gasteiger partial charge in [-0.05, 0) is 25.0 Å². The van der Waals surface area contributed by atoms with Gasteiger partial charge in [-0.2, -0.15) is 18.3 Å². The summed E-state index contributed by atoms with van der Waals surface area (Å²) in [6, 6.07) is 5.02. The van der Waals surface area contributed by atoms with Gasteiger partial charge in [-0.25, -0.2) is 9.48 Å². The van der Waals surface area contributed by atoms with Crippen molar-refractivity contribution in [3.63, 3.8) is 0 Å². The molecule has 2 aromatic rings. The minimum absolute atomic E-state index is 0.272. The number of carboxylic acids is 1. The molecule has 1 N–H and O–H groups in total. The highest BCUT2D eigenvalue weighted by Gasteiger charge is 2.41. The maximum Gasteiger partial charge on any atom is 0.434 e. The molecule has 23 heavy (non-hydrogen) atoms. The van der Waals surface area contributed by atoms with Crippen LogP contribution in [0.5, 0.6) is 0 Å². The summed E-state index contributed by atoms with van der Waals surface area (Å²) in [4.78, 5) is 13.1. The fraction of sp³-hybridized carbons (Fsp3) is 0.333. The van der Waals surface area contributed by atoms with Crippen molar-refractivity contribution in [1.82, 2.24) is 9.78 Å². The summed E-state index contributed by atoms with van der Waals surface area (Å²) in [5.74, 6) is -1.65. The van der Waals surface area contributed by atoms with Gasteiger partial charge >= 0.3 is 12.1 Å². The Bertz CT molecular complexity index is 768. The summed E-state index contributed by atoms with van der Waals surface area (Å²) in [5.41, 5.74) is -0.249. The SMILES string of the molecule is CN1CCCc2c1cccc2-n1ncc(C(=O)O)c1C(F)(F)F. The number of carbonyl (C=O) groups is 1. The number of alkyl halides is 3. The highest BCUT2D eigenvalue weighted by Crippen LogP contribution is 2.37. The Morgan fingerprint density at radius 1 is 1.30 bits per heavy atom. The Balaban J connectivity index is 2.25. The second-order valence-corrected chi connectivity index (χ2v) is 5.42. The first-order valence-corrected chi connectivity index (χ1v) is 7.02. The van der Waals surface area contributed by atoms with E-state index >= 15 is 0 Å². The Kier molecular flexibility index (Phi) is 3.54. The van der Waals surface area contributed by atoms with E-state index in [0.29, 0.717) is 11.1 Å². The van der Waals surface area contributed by atoms with Crippen molar-refractivity contribution in [3.8, 4) is 5.69 Å². The van der Waals surface area contributed by atoms with E-state index < -0.39 is 23.4 Å². The van der Waals surface area contributed by atoms with E-state index in [0.717, 1.165) is 30.4 Å². The van der Waals surface area contributed by atoms with Gasteiger partial charge in [0.1, 0.15) is 5.56 Å². The molecule has 0 spiro atoms. The van der Waals surface area contributed by atoms with Crippen LogP contribution in [0.15, 0.2) is 24.4 Å². The zero-order valence-electron chi connectivity index (χ0n) is 12.3. The van der Waals surface area contributed by atoms with Gasteiger partial charge in [0, 0.05) is 24.8 Å². The number of rotatable bonds is 2. The second kappa shape index (κ2) is 5.29. The molecule has 5 nitrogen and oxygen atoms in total. The minimum Gasteiger partial charge on any atom is -0.478 e. The molecule has 0 aliphatic carbocycles. The summed E-state index contributed by atoms with van der Waals surface area (Å²) < 4.78 is 40.8. The highest BCUT2D eigenvalue weighted by atomic mass is 19.4. The van der Waals surface area contributed by atoms with E-state index in [1.807, 2.05) is 18.0 Å². The first kappa shape index (κ1) is 15.4. The van der Waals surface area contributed by atoms with Crippen LogP contribution in [0.2, 0.25) is 0 Å². The van der Waals surface area contributed by atoms with Crippen molar-refractivity contribution in [3.05, 3.63) is 41.2 Å². The van der Waals surface area contributed by atoms with Crippen LogP contribution in [0, 0.1) is 0 Å². The average molecular weight is 325 g/mol. The van der Waals surface area contributed by atoms with Gasteiger partial charge in [0.25, 0.3) is 0 Å². The Morgan fingerprint density at radius 2 is 2.00 bits per heavy atom. The lowest BCUT2D eigenvalue weighted by Gasteiger charge is -2.29. The van der Waals surface area contributed by atoms with Gasteiger partial charge in [0.15, 0.2) is 5.69 Å². The molecule has 0 bridgehead atoms. The van der Waals surface area contributed by atoms with Gasteiger partial charge in [0.05, 0.1) is 11.9 Å². The highest BCUT2D eigenvalue weighted by molar-refractivity contribution is 5.89. The topological polar surface area (TPSA) is 58.4 Å². The van der Waals surface area contributed by atoms with Gasteiger partial charge < -0.3 is 10.0 Å². The largest absolute Gasteiger partial charge is 0.478 e. The maximum absolute atomic E-state index is 13.4. The van der Waals surface area contributed by atoms with Crippen LogP contribution in [-0.2, 0) is 12.6 Å². The number of anilines is 1. The number of benzene rings is 1. The monoisotopic (exact) mass is 325 g/mol. The number of fused-ring (bicyclic) bond motifs is 1. The fourth-order valence-electron chi connectivity index (χ4n) is 2.95. The van der Waals surface area contributed by atoms with Crippen LogP contribution < -0.4 is 4.90 Å². The van der Waals surface area contributed by atoms with E-state index in [1.54, 1.807) is 6.07 Å². The number of nitrogens with zero attached hydrogens (tertiary/aromatic N) is 3. The molecule has 1 aromatic heterocycles. The molecular weight excluding hydrogens is 311 g/mol. The summed E-state index contributed by atoms with van der Waals surface area (Å²) in [7, 11) is 1.87. The second-order valence-electron chi connectivity index (χ2n) is 5.42. The van der Waals surface area contributed by atoms with E-state index in [1.165, 1.54) is 6.07 Å². The molecule has 0 amide bonds. The standard InChI is InChI=1S/C15H14F3N3O2/c1-20-7-3-4-9-11(20)5-2-6-12(9)21-13(15(16,17)18)10(8-19-21)14(22)23/h2,5-6,8H,3-4,7H2,1H3,(H,22,23). The molecular formula is C15H14F3N3O2. The predicted octanol–water partition coefficient (Wildman–Crippen LogP) is 2.97. The number of aromatic nitrogens is 2. The molecule has 1 aliphatic rings. The van der Waals surface area contributed by atoms with Crippen molar-refractivity contribution >= 4 is 11.7 Å². The van der Waals surface area contributed by atoms with Crippen LogP contribution in [0.4, 0.5) is 18.9 Å². The van der Waals surface area contributed by atoms with Crippen molar-refractivity contribution in [2.45, 2.75) is 19.0 Å². The summed E-state index contributed by atoms with van der Waals surface area (Å²) in [5, 5.41) is 12.7. The van der Waals surface area contributed by atoms with E-state index in [9.17, 15) is 18.0 Å². The van der Waals surface area contributed by atoms with Crippen LogP contribution in [0.3, 0.4) is 0 Å². The summed E-state index contributed by atoms with van der Waals surface area (Å²) in [6.45, 7) is 0.821. The van der Waals surface area contributed by atoms with Crippen molar-refractivity contribution in [1.29, 1.82) is 0 Å². The summed E-state index contributed by atoms with van der Waals surface area (Å²) >= 11 is 0. The zero-order valence-corrected chi connectivity index (χ0v) is 12.3. The predicted molar refractivity (Wildman–Crippen MR) is 77.1 cm³/mol. The quantitative estimate of drug-likeness (QED) is 0.922. The molecule has 0 unspecified atom stereocenters. The van der Waals surface area contributed by atoms with Crippen LogP contribution >= 0.6 is 0 Å². The van der Waals surface area contributed by atoms with Crippen molar-refractivity contribution < 1.29 is 23.1 Å². The number of aromatic carboxylic acids is 1. The molecule has 0 radical (unpaired) electrons. The van der Waals surface area contributed by atoms with Gasteiger partial charge in [-0.3, -0.25) is 0 Å². The Labute approximate surface area is 129 Å². The third kappa shape index (κ3) is 2.54. The fourth-order valence-corrected chi connectivity index (χ4v) is 2.95. The first-order valence-electron chi connectivity index (χ1n) is 7.02. The molecule has 1 aliphatic heterocycles. The van der Waals surface area contributed by atoms with Gasteiger partial charge in [-0.15, -0.1) is 0 Å². The number of halogens is 3. The van der Waals surface area contributed by atoms with Gasteiger partial charge in [-0.1, -0.05) is 6.07 Å². The Hall–Kier alpha value is -2.51. The van der Waals surface area contributed by atoms with E-state index in [4.69, 9.17) is 5.11 Å². The molecule has 8 heteroatoms. The normalized spacial score (nSPS) is 14.7. The molecule has 3 rings (SSSR count). The molecule has 0 atom stereocenters. The number of carboxylic acid groups (broad SMARTS) is 1. The number of hydrogen-bond donors (Lipinski definition) is 1. The van der Waals surface area contributed by atoms with Gasteiger partial charge in [0.2, 0.25) is 0 Å². The average Bonchev–Trinajstić information content (AvgIpc) is 2.92. The molecule has 2 heterocycles. The zero-order chi connectivity index (χ0) is 16.8. The third-order valence-electron chi connectivity index (χ3n) is 3.95. The van der Waals surface area contributed by atoms with Crippen molar-refractivity contribution in [2.75, 3.05) is 18.5 Å². The smallest absolute Gasteiger partial charge is 0.434 e. The molecule has 0 fully saturated rings. The Morgan fingerprint density at radius 3 is 2.65 bits per heavy atom. The summed E-state index contributed by atoms with van der Waals surface area (Å²) in [6.07, 6.45) is -2.63. The molecule has 122 valence electrons. The van der Waals surface area contributed by atoms with Crippen LogP contribution in [0.25, 0.3) is 5.69 Å². The lowest BCUT2D eigenvalue weighted by atomic mass is 10.00. The van der Waals surface area contributed by atoms with Crippen LogP contribution in [0.1, 0.15) is 28.0 Å². The molecule has 1 aromatic carbocycles. The number of hydrogen-bond acceptors (Lipinski definition) is 3. The molecule has 0 saturated carbocycles. The van der Waals surface area contributed by atoms with E-state index in [2.05, 4.69) is 5.10 Å².